The van der Waals surface area contributed by atoms with Crippen molar-refractivity contribution in [1.82, 2.24) is 4.57 Å². The molecule has 1 N–H and O–H groups in total. The Bertz CT molecular complexity index is 864. The van der Waals surface area contributed by atoms with Gasteiger partial charge in [0.1, 0.15) is 18.1 Å². The summed E-state index contributed by atoms with van der Waals surface area (Å²) in [6.07, 6.45) is 0. The first kappa shape index (κ1) is 12.2. The average molecular weight is 277 g/mol. The van der Waals surface area contributed by atoms with Crippen molar-refractivity contribution < 1.29 is 9.52 Å². The maximum atomic E-state index is 9.12. The summed E-state index contributed by atoms with van der Waals surface area (Å²) in [5.74, 6) is 1.45. The minimum absolute atomic E-state index is 0.0623. The van der Waals surface area contributed by atoms with E-state index in [4.69, 9.17) is 9.52 Å². The molecule has 0 saturated heterocycles. The molecular formula is C18H15NO2. The van der Waals surface area contributed by atoms with Crippen molar-refractivity contribution in [2.24, 2.45) is 0 Å². The summed E-state index contributed by atoms with van der Waals surface area (Å²) in [5.41, 5.74) is 2.39. The molecule has 0 saturated carbocycles. The molecule has 0 unspecified atom stereocenters. The Morgan fingerprint density at radius 3 is 1.90 bits per heavy atom. The first-order valence-electron chi connectivity index (χ1n) is 7.01. The zero-order valence-corrected chi connectivity index (χ0v) is 11.5. The fraction of sp³-hybridized carbons (Fsp3) is 0.111. The molecule has 0 bridgehead atoms. The summed E-state index contributed by atoms with van der Waals surface area (Å²) < 4.78 is 7.89. The van der Waals surface area contributed by atoms with Crippen LogP contribution in [0, 0.1) is 0 Å². The van der Waals surface area contributed by atoms with Crippen LogP contribution >= 0.6 is 0 Å². The van der Waals surface area contributed by atoms with Gasteiger partial charge in [0.25, 0.3) is 0 Å². The van der Waals surface area contributed by atoms with Gasteiger partial charge in [0, 0.05) is 21.8 Å². The van der Waals surface area contributed by atoms with E-state index in [-0.39, 0.29) is 6.61 Å². The highest BCUT2D eigenvalue weighted by Gasteiger charge is 2.11. The van der Waals surface area contributed by atoms with E-state index in [1.165, 1.54) is 21.8 Å². The van der Waals surface area contributed by atoms with Crippen LogP contribution in [-0.2, 0) is 13.2 Å². The molecule has 0 radical (unpaired) electrons. The van der Waals surface area contributed by atoms with Gasteiger partial charge in [-0.05, 0) is 24.3 Å². The highest BCUT2D eigenvalue weighted by atomic mass is 16.4. The summed E-state index contributed by atoms with van der Waals surface area (Å²) in [5, 5.41) is 11.6. The smallest absolute Gasteiger partial charge is 0.129 e. The Morgan fingerprint density at radius 1 is 0.762 bits per heavy atom. The van der Waals surface area contributed by atoms with Crippen LogP contribution in [0.25, 0.3) is 21.8 Å². The SMILES string of the molecule is OCc1ccc(Cn2c3ccccc3c3ccccc32)o1. The Hall–Kier alpha value is -2.52. The zero-order valence-electron chi connectivity index (χ0n) is 11.5. The van der Waals surface area contributed by atoms with E-state index in [2.05, 4.69) is 53.1 Å². The molecule has 3 heteroatoms. The molecule has 0 aliphatic heterocycles. The Labute approximate surface area is 122 Å². The van der Waals surface area contributed by atoms with Gasteiger partial charge >= 0.3 is 0 Å². The molecule has 2 heterocycles. The lowest BCUT2D eigenvalue weighted by Crippen LogP contribution is -1.97. The fourth-order valence-electron chi connectivity index (χ4n) is 2.92. The number of furan rings is 1. The quantitative estimate of drug-likeness (QED) is 0.616. The number of para-hydroxylation sites is 2. The topological polar surface area (TPSA) is 38.3 Å². The second kappa shape index (κ2) is 4.79. The minimum atomic E-state index is -0.0623. The molecule has 2 aromatic carbocycles. The number of nitrogens with zero attached hydrogens (tertiary/aromatic N) is 1. The van der Waals surface area contributed by atoms with Crippen LogP contribution in [0.3, 0.4) is 0 Å². The molecule has 21 heavy (non-hydrogen) atoms. The van der Waals surface area contributed by atoms with Gasteiger partial charge < -0.3 is 14.1 Å². The van der Waals surface area contributed by atoms with Crippen LogP contribution in [0.5, 0.6) is 0 Å². The van der Waals surface area contributed by atoms with Crippen molar-refractivity contribution >= 4 is 21.8 Å². The molecule has 3 nitrogen and oxygen atoms in total. The normalized spacial score (nSPS) is 11.5. The molecule has 104 valence electrons. The van der Waals surface area contributed by atoms with Gasteiger partial charge in [-0.1, -0.05) is 36.4 Å². The van der Waals surface area contributed by atoms with Gasteiger partial charge in [0.05, 0.1) is 6.54 Å². The predicted molar refractivity (Wildman–Crippen MR) is 83.2 cm³/mol. The van der Waals surface area contributed by atoms with Crippen molar-refractivity contribution in [3.63, 3.8) is 0 Å². The van der Waals surface area contributed by atoms with Crippen molar-refractivity contribution in [3.05, 3.63) is 72.2 Å². The van der Waals surface area contributed by atoms with E-state index in [0.29, 0.717) is 12.3 Å². The van der Waals surface area contributed by atoms with E-state index in [9.17, 15) is 0 Å². The molecule has 4 aromatic rings. The first-order valence-corrected chi connectivity index (χ1v) is 7.01. The van der Waals surface area contributed by atoms with Gasteiger partial charge in [-0.15, -0.1) is 0 Å². The molecule has 4 rings (SSSR count). The minimum Gasteiger partial charge on any atom is -0.462 e. The molecule has 0 fully saturated rings. The third kappa shape index (κ3) is 1.94. The third-order valence-corrected chi connectivity index (χ3v) is 3.87. The standard InChI is InChI=1S/C18H15NO2/c20-12-14-10-9-13(21-14)11-19-17-7-3-1-5-15(17)16-6-2-4-8-18(16)19/h1-10,20H,11-12H2. The van der Waals surface area contributed by atoms with Crippen LogP contribution in [0.15, 0.2) is 65.1 Å². The van der Waals surface area contributed by atoms with Crippen molar-refractivity contribution in [3.8, 4) is 0 Å². The van der Waals surface area contributed by atoms with Crippen LogP contribution in [0.1, 0.15) is 11.5 Å². The number of hydrogen-bond donors (Lipinski definition) is 1. The van der Waals surface area contributed by atoms with Crippen molar-refractivity contribution in [2.45, 2.75) is 13.2 Å². The van der Waals surface area contributed by atoms with Gasteiger partial charge in [0.15, 0.2) is 0 Å². The number of rotatable bonds is 3. The second-order valence-electron chi connectivity index (χ2n) is 5.15. The third-order valence-electron chi connectivity index (χ3n) is 3.87. The largest absolute Gasteiger partial charge is 0.462 e. The molecule has 0 spiro atoms. The molecule has 0 atom stereocenters. The van der Waals surface area contributed by atoms with E-state index in [1.54, 1.807) is 0 Å². The predicted octanol–water partition coefficient (Wildman–Crippen LogP) is 3.93. The van der Waals surface area contributed by atoms with Crippen LogP contribution in [0.2, 0.25) is 0 Å². The van der Waals surface area contributed by atoms with Crippen LogP contribution in [-0.4, -0.2) is 9.67 Å². The van der Waals surface area contributed by atoms with Gasteiger partial charge in [-0.25, -0.2) is 0 Å². The fourth-order valence-corrected chi connectivity index (χ4v) is 2.92. The summed E-state index contributed by atoms with van der Waals surface area (Å²) in [6, 6.07) is 20.5. The van der Waals surface area contributed by atoms with E-state index in [0.717, 1.165) is 5.76 Å². The lowest BCUT2D eigenvalue weighted by Gasteiger charge is -2.05. The lowest BCUT2D eigenvalue weighted by atomic mass is 10.2. The maximum Gasteiger partial charge on any atom is 0.129 e. The van der Waals surface area contributed by atoms with Gasteiger partial charge in [-0.3, -0.25) is 0 Å². The first-order chi connectivity index (χ1) is 10.4. The van der Waals surface area contributed by atoms with E-state index >= 15 is 0 Å². The summed E-state index contributed by atoms with van der Waals surface area (Å²) in [4.78, 5) is 0. The Balaban J connectivity index is 1.93. The highest BCUT2D eigenvalue weighted by Crippen LogP contribution is 2.29. The second-order valence-corrected chi connectivity index (χ2v) is 5.15. The molecule has 2 aromatic heterocycles. The van der Waals surface area contributed by atoms with Crippen molar-refractivity contribution in [1.29, 1.82) is 0 Å². The summed E-state index contributed by atoms with van der Waals surface area (Å²) in [7, 11) is 0. The number of aliphatic hydroxyl groups excluding tert-OH is 1. The molecule has 0 aliphatic rings. The van der Waals surface area contributed by atoms with E-state index < -0.39 is 0 Å². The Kier molecular flexibility index (Phi) is 2.79. The van der Waals surface area contributed by atoms with E-state index in [1.807, 2.05) is 12.1 Å². The monoisotopic (exact) mass is 277 g/mol. The lowest BCUT2D eigenvalue weighted by molar-refractivity contribution is 0.243. The van der Waals surface area contributed by atoms with Crippen molar-refractivity contribution in [2.75, 3.05) is 0 Å². The number of hydrogen-bond acceptors (Lipinski definition) is 2. The molecule has 0 amide bonds. The Morgan fingerprint density at radius 2 is 1.33 bits per heavy atom. The summed E-state index contributed by atoms with van der Waals surface area (Å²) >= 11 is 0. The zero-order chi connectivity index (χ0) is 14.2. The van der Waals surface area contributed by atoms with Crippen LogP contribution < -0.4 is 0 Å². The van der Waals surface area contributed by atoms with Gasteiger partial charge in [-0.2, -0.15) is 0 Å². The maximum absolute atomic E-state index is 9.12. The number of aliphatic hydroxyl groups is 1. The van der Waals surface area contributed by atoms with Gasteiger partial charge in [0.2, 0.25) is 0 Å². The number of fused-ring (bicyclic) bond motifs is 3. The molecule has 0 aliphatic carbocycles. The number of benzene rings is 2. The van der Waals surface area contributed by atoms with Crippen LogP contribution in [0.4, 0.5) is 0 Å². The highest BCUT2D eigenvalue weighted by molar-refractivity contribution is 6.07. The number of aromatic nitrogens is 1. The average Bonchev–Trinajstić information content (AvgIpc) is 3.12. The molecular weight excluding hydrogens is 262 g/mol. The summed E-state index contributed by atoms with van der Waals surface area (Å²) in [6.45, 7) is 0.598.